The van der Waals surface area contributed by atoms with Gasteiger partial charge in [0.1, 0.15) is 11.5 Å². The lowest BCUT2D eigenvalue weighted by molar-refractivity contribution is 0.0838. The smallest absolute Gasteiger partial charge is 0.169 e. The number of phenolic OH excluding ortho intramolecular Hbond substituents is 1. The number of rotatable bonds is 6. The van der Waals surface area contributed by atoms with Crippen LogP contribution in [0.25, 0.3) is 10.9 Å². The highest BCUT2D eigenvalue weighted by atomic mass is 16.5. The van der Waals surface area contributed by atoms with Gasteiger partial charge in [-0.3, -0.25) is 4.79 Å². The number of para-hydroxylation sites is 1. The average Bonchev–Trinajstić information content (AvgIpc) is 3.15. The molecule has 0 unspecified atom stereocenters. The van der Waals surface area contributed by atoms with Gasteiger partial charge in [-0.1, -0.05) is 18.2 Å². The summed E-state index contributed by atoms with van der Waals surface area (Å²) >= 11 is 0. The van der Waals surface area contributed by atoms with Gasteiger partial charge in [-0.2, -0.15) is 0 Å². The Bertz CT molecular complexity index is 971. The molecule has 1 aliphatic rings. The quantitative estimate of drug-likeness (QED) is 0.636. The molecule has 4 rings (SSSR count). The lowest BCUT2D eigenvalue weighted by atomic mass is 9.88. The molecule has 0 spiro atoms. The molecule has 28 heavy (non-hydrogen) atoms. The van der Waals surface area contributed by atoms with Crippen molar-refractivity contribution in [2.45, 2.75) is 19.3 Å². The Morgan fingerprint density at radius 2 is 2.00 bits per heavy atom. The standard InChI is InChI=1S/C23H26N2O3/c1-28-18-6-7-20(22(26)14-18)23(27)16-8-11-25(12-9-16)13-10-17-15-24-21-5-3-2-4-19(17)21/h2-7,14-16,24,26H,8-13H2,1H3. The summed E-state index contributed by atoms with van der Waals surface area (Å²) in [5, 5.41) is 11.4. The number of hydrogen-bond donors (Lipinski definition) is 2. The Morgan fingerprint density at radius 1 is 1.21 bits per heavy atom. The van der Waals surface area contributed by atoms with Crippen molar-refractivity contribution in [1.29, 1.82) is 0 Å². The molecule has 0 amide bonds. The molecule has 0 radical (unpaired) electrons. The first-order valence-corrected chi connectivity index (χ1v) is 9.84. The van der Waals surface area contributed by atoms with E-state index < -0.39 is 0 Å². The number of carbonyl (C=O) groups is 1. The summed E-state index contributed by atoms with van der Waals surface area (Å²) in [4.78, 5) is 18.6. The van der Waals surface area contributed by atoms with Crippen molar-refractivity contribution in [2.75, 3.05) is 26.7 Å². The molecule has 1 fully saturated rings. The van der Waals surface area contributed by atoms with Crippen LogP contribution in [0.5, 0.6) is 11.5 Å². The molecule has 5 heteroatoms. The van der Waals surface area contributed by atoms with Gasteiger partial charge in [0.2, 0.25) is 0 Å². The van der Waals surface area contributed by atoms with Crippen LogP contribution in [0.1, 0.15) is 28.8 Å². The van der Waals surface area contributed by atoms with Gasteiger partial charge in [-0.05, 0) is 56.1 Å². The molecule has 2 aromatic carbocycles. The number of phenols is 1. The van der Waals surface area contributed by atoms with E-state index in [1.807, 2.05) is 6.07 Å². The highest BCUT2D eigenvalue weighted by Crippen LogP contribution is 2.29. The third-order valence-electron chi connectivity index (χ3n) is 5.80. The second-order valence-corrected chi connectivity index (χ2v) is 7.47. The van der Waals surface area contributed by atoms with Gasteiger partial charge in [0.05, 0.1) is 12.7 Å². The van der Waals surface area contributed by atoms with Crippen LogP contribution < -0.4 is 4.74 Å². The minimum atomic E-state index is -0.0244. The molecule has 0 saturated carbocycles. The maximum absolute atomic E-state index is 12.8. The number of ketones is 1. The van der Waals surface area contributed by atoms with E-state index in [0.717, 1.165) is 38.9 Å². The molecular weight excluding hydrogens is 352 g/mol. The third kappa shape index (κ3) is 3.76. The van der Waals surface area contributed by atoms with Gasteiger partial charge < -0.3 is 19.7 Å². The van der Waals surface area contributed by atoms with Gasteiger partial charge in [-0.25, -0.2) is 0 Å². The molecule has 2 N–H and O–H groups in total. The van der Waals surface area contributed by atoms with E-state index in [-0.39, 0.29) is 17.5 Å². The average molecular weight is 378 g/mol. The van der Waals surface area contributed by atoms with Crippen LogP contribution in [0.4, 0.5) is 0 Å². The maximum Gasteiger partial charge on any atom is 0.169 e. The SMILES string of the molecule is COc1ccc(C(=O)C2CCN(CCc3c[nH]c4ccccc34)CC2)c(O)c1. The van der Waals surface area contributed by atoms with Crippen LogP contribution in [0.15, 0.2) is 48.7 Å². The van der Waals surface area contributed by atoms with Crippen molar-refractivity contribution in [3.63, 3.8) is 0 Å². The van der Waals surface area contributed by atoms with E-state index in [9.17, 15) is 9.90 Å². The second kappa shape index (κ2) is 8.07. The second-order valence-electron chi connectivity index (χ2n) is 7.47. The summed E-state index contributed by atoms with van der Waals surface area (Å²) < 4.78 is 5.09. The van der Waals surface area contributed by atoms with Crippen molar-refractivity contribution in [2.24, 2.45) is 5.92 Å². The van der Waals surface area contributed by atoms with Crippen LogP contribution in [-0.4, -0.2) is 47.5 Å². The fourth-order valence-electron chi connectivity index (χ4n) is 4.10. The van der Waals surface area contributed by atoms with E-state index in [2.05, 4.69) is 34.3 Å². The third-order valence-corrected chi connectivity index (χ3v) is 5.80. The fourth-order valence-corrected chi connectivity index (χ4v) is 4.10. The zero-order valence-electron chi connectivity index (χ0n) is 16.1. The molecule has 0 atom stereocenters. The van der Waals surface area contributed by atoms with Gasteiger partial charge >= 0.3 is 0 Å². The lowest BCUT2D eigenvalue weighted by Crippen LogP contribution is -2.37. The number of carbonyl (C=O) groups excluding carboxylic acids is 1. The first-order chi connectivity index (χ1) is 13.7. The number of hydrogen-bond acceptors (Lipinski definition) is 4. The van der Waals surface area contributed by atoms with E-state index in [0.29, 0.717) is 11.3 Å². The topological polar surface area (TPSA) is 65.6 Å². The molecule has 5 nitrogen and oxygen atoms in total. The highest BCUT2D eigenvalue weighted by molar-refractivity contribution is 6.00. The fraction of sp³-hybridized carbons (Fsp3) is 0.348. The number of nitrogens with zero attached hydrogens (tertiary/aromatic N) is 1. The number of piperidine rings is 1. The number of benzene rings is 2. The lowest BCUT2D eigenvalue weighted by Gasteiger charge is -2.31. The monoisotopic (exact) mass is 378 g/mol. The Morgan fingerprint density at radius 3 is 2.75 bits per heavy atom. The van der Waals surface area contributed by atoms with Crippen LogP contribution in [-0.2, 0) is 6.42 Å². The number of methoxy groups -OCH3 is 1. The molecule has 3 aromatic rings. The van der Waals surface area contributed by atoms with E-state index in [4.69, 9.17) is 4.74 Å². The zero-order valence-corrected chi connectivity index (χ0v) is 16.1. The largest absolute Gasteiger partial charge is 0.507 e. The van der Waals surface area contributed by atoms with Crippen molar-refractivity contribution in [3.8, 4) is 11.5 Å². The van der Waals surface area contributed by atoms with Crippen LogP contribution in [0, 0.1) is 5.92 Å². The summed E-state index contributed by atoms with van der Waals surface area (Å²) in [7, 11) is 1.54. The number of aromatic amines is 1. The van der Waals surface area contributed by atoms with Gasteiger partial charge in [-0.15, -0.1) is 0 Å². The Balaban J connectivity index is 1.32. The Kier molecular flexibility index (Phi) is 5.35. The number of nitrogens with one attached hydrogen (secondary N) is 1. The molecular formula is C23H26N2O3. The number of H-pyrrole nitrogens is 1. The van der Waals surface area contributed by atoms with Gasteiger partial charge in [0, 0.05) is 35.6 Å². The van der Waals surface area contributed by atoms with E-state index >= 15 is 0 Å². The summed E-state index contributed by atoms with van der Waals surface area (Å²) in [5.41, 5.74) is 2.93. The highest BCUT2D eigenvalue weighted by Gasteiger charge is 2.27. The summed E-state index contributed by atoms with van der Waals surface area (Å²) in [6.45, 7) is 2.82. The number of ether oxygens (including phenoxy) is 1. The van der Waals surface area contributed by atoms with Crippen molar-refractivity contribution in [1.82, 2.24) is 9.88 Å². The maximum atomic E-state index is 12.8. The first kappa shape index (κ1) is 18.6. The molecule has 1 aliphatic heterocycles. The molecule has 1 saturated heterocycles. The number of fused-ring (bicyclic) bond motifs is 1. The summed E-state index contributed by atoms with van der Waals surface area (Å²) in [5.74, 6) is 0.576. The van der Waals surface area contributed by atoms with Crippen LogP contribution in [0.3, 0.4) is 0 Å². The van der Waals surface area contributed by atoms with Crippen LogP contribution in [0.2, 0.25) is 0 Å². The molecule has 0 bridgehead atoms. The molecule has 1 aromatic heterocycles. The van der Waals surface area contributed by atoms with E-state index in [1.54, 1.807) is 19.2 Å². The van der Waals surface area contributed by atoms with E-state index in [1.165, 1.54) is 22.5 Å². The minimum absolute atomic E-state index is 0.00566. The number of Topliss-reactive ketones (excluding diaryl/α,β-unsaturated/α-hetero) is 1. The summed E-state index contributed by atoms with van der Waals surface area (Å²) in [6, 6.07) is 13.3. The normalized spacial score (nSPS) is 15.8. The van der Waals surface area contributed by atoms with Gasteiger partial charge in [0.25, 0.3) is 0 Å². The predicted octanol–water partition coefficient (Wildman–Crippen LogP) is 4.02. The van der Waals surface area contributed by atoms with Crippen molar-refractivity contribution in [3.05, 3.63) is 59.8 Å². The Labute approximate surface area is 164 Å². The van der Waals surface area contributed by atoms with Crippen LogP contribution >= 0.6 is 0 Å². The number of aromatic nitrogens is 1. The molecule has 0 aliphatic carbocycles. The minimum Gasteiger partial charge on any atom is -0.507 e. The Hall–Kier alpha value is -2.79. The number of likely N-dealkylation sites (tertiary alicyclic amines) is 1. The predicted molar refractivity (Wildman–Crippen MR) is 110 cm³/mol. The molecule has 146 valence electrons. The zero-order chi connectivity index (χ0) is 19.5. The van der Waals surface area contributed by atoms with Crippen molar-refractivity contribution < 1.29 is 14.6 Å². The van der Waals surface area contributed by atoms with Gasteiger partial charge in [0.15, 0.2) is 5.78 Å². The number of aromatic hydroxyl groups is 1. The molecule has 2 heterocycles. The summed E-state index contributed by atoms with van der Waals surface area (Å²) in [6.07, 6.45) is 4.77. The van der Waals surface area contributed by atoms with Crippen molar-refractivity contribution >= 4 is 16.7 Å². The first-order valence-electron chi connectivity index (χ1n) is 9.84.